The highest BCUT2D eigenvalue weighted by Crippen LogP contribution is 2.41. The van der Waals surface area contributed by atoms with Crippen LogP contribution in [0.2, 0.25) is 0 Å². The zero-order chi connectivity index (χ0) is 29.5. The van der Waals surface area contributed by atoms with Crippen molar-refractivity contribution in [2.24, 2.45) is 0 Å². The van der Waals surface area contributed by atoms with E-state index < -0.39 is 83.9 Å². The zero-order valence-electron chi connectivity index (χ0n) is 22.5. The first kappa shape index (κ1) is 33.0. The SMILES string of the molecule is CC[C@@]1(OC2OC(COC(C)=O)C(Cl)C(OC(C)=O)C2OC(C)=O)OC(CCl)CC(OC(C)=O)[C@H]1OC(C)=O. The highest BCUT2D eigenvalue weighted by atomic mass is 35.5. The van der Waals surface area contributed by atoms with Gasteiger partial charge in [0, 0.05) is 53.3 Å². The van der Waals surface area contributed by atoms with Crippen molar-refractivity contribution in [1.82, 2.24) is 0 Å². The Hall–Kier alpha value is -2.19. The summed E-state index contributed by atoms with van der Waals surface area (Å²) in [5.41, 5.74) is 0. The number of hydrogen-bond donors (Lipinski definition) is 0. The molecule has 7 unspecified atom stereocenters. The lowest BCUT2D eigenvalue weighted by atomic mass is 9.92. The van der Waals surface area contributed by atoms with Gasteiger partial charge in [0.2, 0.25) is 12.1 Å². The Morgan fingerprint density at radius 2 is 1.41 bits per heavy atom. The van der Waals surface area contributed by atoms with Gasteiger partial charge in [-0.25, -0.2) is 0 Å². The molecule has 2 aliphatic rings. The second kappa shape index (κ2) is 14.4. The van der Waals surface area contributed by atoms with Gasteiger partial charge in [0.05, 0.1) is 6.10 Å². The number of esters is 5. The maximum atomic E-state index is 12.1. The van der Waals surface area contributed by atoms with E-state index in [1.54, 1.807) is 6.92 Å². The Morgan fingerprint density at radius 1 is 0.846 bits per heavy atom. The normalized spacial score (nSPS) is 34.4. The summed E-state index contributed by atoms with van der Waals surface area (Å²) in [4.78, 5) is 59.4. The summed E-state index contributed by atoms with van der Waals surface area (Å²) in [6.45, 7) is 7.05. The molecule has 2 rings (SSSR count). The van der Waals surface area contributed by atoms with Gasteiger partial charge in [-0.1, -0.05) is 6.92 Å². The number of carbonyl (C=O) groups is 5. The van der Waals surface area contributed by atoms with Gasteiger partial charge in [-0.05, 0) is 0 Å². The van der Waals surface area contributed by atoms with Gasteiger partial charge in [0.15, 0.2) is 18.3 Å². The fraction of sp³-hybridized carbons (Fsp3) is 0.792. The van der Waals surface area contributed by atoms with Gasteiger partial charge >= 0.3 is 29.8 Å². The molecular formula is C24H34Cl2O13. The molecule has 0 saturated carbocycles. The minimum Gasteiger partial charge on any atom is -0.463 e. The minimum atomic E-state index is -1.85. The Bertz CT molecular complexity index is 914. The molecule has 0 aromatic heterocycles. The molecule has 2 aliphatic heterocycles. The van der Waals surface area contributed by atoms with E-state index in [9.17, 15) is 24.0 Å². The molecule has 0 radical (unpaired) electrons. The first-order chi connectivity index (χ1) is 18.2. The van der Waals surface area contributed by atoms with Crippen molar-refractivity contribution in [3.8, 4) is 0 Å². The summed E-state index contributed by atoms with van der Waals surface area (Å²) in [7, 11) is 0. The molecule has 0 spiro atoms. The smallest absolute Gasteiger partial charge is 0.303 e. The topological polar surface area (TPSA) is 159 Å². The van der Waals surface area contributed by atoms with E-state index in [1.807, 2.05) is 0 Å². The molecule has 2 fully saturated rings. The Balaban J connectivity index is 2.59. The van der Waals surface area contributed by atoms with Crippen molar-refractivity contribution < 1.29 is 61.9 Å². The predicted octanol–water partition coefficient (Wildman–Crippen LogP) is 1.76. The highest BCUT2D eigenvalue weighted by Gasteiger charge is 2.59. The van der Waals surface area contributed by atoms with Crippen molar-refractivity contribution in [1.29, 1.82) is 0 Å². The lowest BCUT2D eigenvalue weighted by Crippen LogP contribution is -2.67. The predicted molar refractivity (Wildman–Crippen MR) is 131 cm³/mol. The van der Waals surface area contributed by atoms with Crippen LogP contribution in [0.1, 0.15) is 54.4 Å². The number of ether oxygens (including phenoxy) is 8. The van der Waals surface area contributed by atoms with Crippen LogP contribution in [0.3, 0.4) is 0 Å². The molecule has 0 aliphatic carbocycles. The van der Waals surface area contributed by atoms with E-state index in [0.29, 0.717) is 0 Å². The summed E-state index contributed by atoms with van der Waals surface area (Å²) < 4.78 is 45.3. The van der Waals surface area contributed by atoms with Gasteiger partial charge in [-0.15, -0.1) is 23.2 Å². The maximum Gasteiger partial charge on any atom is 0.303 e. The molecule has 0 amide bonds. The summed E-state index contributed by atoms with van der Waals surface area (Å²) in [6, 6.07) is 0. The minimum absolute atomic E-state index is 0.0000992. The number of rotatable bonds is 10. The standard InChI is InChI=1S/C24H34Cl2O13/c1-7-24(22(36-15(6)31)17(33-12(3)28)8-16(9-25)38-24)39-23-21(35-14(5)30)20(34-13(4)29)19(26)18(37-23)10-32-11(2)27/h16-23H,7-10H2,1-6H3/t16?,17?,18?,19?,20?,21?,22-,23?,24+/m1/s1. The van der Waals surface area contributed by atoms with E-state index in [4.69, 9.17) is 61.1 Å². The van der Waals surface area contributed by atoms with Crippen LogP contribution in [0.5, 0.6) is 0 Å². The molecule has 15 heteroatoms. The van der Waals surface area contributed by atoms with E-state index >= 15 is 0 Å². The summed E-state index contributed by atoms with van der Waals surface area (Å²) in [5.74, 6) is -5.41. The maximum absolute atomic E-state index is 12.1. The molecule has 13 nitrogen and oxygen atoms in total. The Morgan fingerprint density at radius 3 is 1.90 bits per heavy atom. The van der Waals surface area contributed by atoms with Crippen LogP contribution in [-0.4, -0.2) is 96.4 Å². The molecule has 0 bridgehead atoms. The second-order valence-electron chi connectivity index (χ2n) is 9.03. The lowest BCUT2D eigenvalue weighted by Gasteiger charge is -2.51. The number of alkyl halides is 2. The molecule has 222 valence electrons. The lowest BCUT2D eigenvalue weighted by molar-refractivity contribution is -0.403. The third-order valence-corrected chi connectivity index (χ3v) is 6.72. The van der Waals surface area contributed by atoms with Gasteiger partial charge in [0.25, 0.3) is 0 Å². The van der Waals surface area contributed by atoms with Crippen LogP contribution in [0, 0.1) is 0 Å². The first-order valence-electron chi connectivity index (χ1n) is 12.3. The molecule has 0 aromatic carbocycles. The van der Waals surface area contributed by atoms with Crippen molar-refractivity contribution in [2.45, 2.75) is 108 Å². The van der Waals surface area contributed by atoms with E-state index in [0.717, 1.165) is 20.8 Å². The van der Waals surface area contributed by atoms with Crippen LogP contribution in [-0.2, 0) is 61.9 Å². The fourth-order valence-electron chi connectivity index (χ4n) is 4.42. The van der Waals surface area contributed by atoms with Crippen LogP contribution >= 0.6 is 23.2 Å². The first-order valence-corrected chi connectivity index (χ1v) is 13.2. The van der Waals surface area contributed by atoms with E-state index in [2.05, 4.69) is 0 Å². The van der Waals surface area contributed by atoms with E-state index in [-0.39, 0.29) is 25.3 Å². The Labute approximate surface area is 235 Å². The third kappa shape index (κ3) is 8.90. The molecule has 0 N–H and O–H groups in total. The van der Waals surface area contributed by atoms with Crippen molar-refractivity contribution in [3.63, 3.8) is 0 Å². The van der Waals surface area contributed by atoms with Crippen LogP contribution in [0.15, 0.2) is 0 Å². The Kier molecular flexibility index (Phi) is 12.2. The van der Waals surface area contributed by atoms with Crippen LogP contribution in [0.4, 0.5) is 0 Å². The number of hydrogen-bond acceptors (Lipinski definition) is 13. The third-order valence-electron chi connectivity index (χ3n) is 5.85. The van der Waals surface area contributed by atoms with Crippen LogP contribution in [0.25, 0.3) is 0 Å². The van der Waals surface area contributed by atoms with Crippen molar-refractivity contribution in [2.75, 3.05) is 12.5 Å². The average Bonchev–Trinajstić information content (AvgIpc) is 2.82. The molecular weight excluding hydrogens is 567 g/mol. The van der Waals surface area contributed by atoms with Gasteiger partial charge in [0.1, 0.15) is 24.2 Å². The fourth-order valence-corrected chi connectivity index (χ4v) is 4.94. The largest absolute Gasteiger partial charge is 0.463 e. The molecule has 2 saturated heterocycles. The van der Waals surface area contributed by atoms with Gasteiger partial charge in [-0.3, -0.25) is 24.0 Å². The molecule has 9 atom stereocenters. The second-order valence-corrected chi connectivity index (χ2v) is 9.84. The summed E-state index contributed by atoms with van der Waals surface area (Å²) in [5, 5.41) is -1.14. The van der Waals surface area contributed by atoms with Crippen LogP contribution < -0.4 is 0 Å². The van der Waals surface area contributed by atoms with Crippen molar-refractivity contribution >= 4 is 53.0 Å². The highest BCUT2D eigenvalue weighted by molar-refractivity contribution is 6.21. The summed E-state index contributed by atoms with van der Waals surface area (Å²) >= 11 is 12.6. The van der Waals surface area contributed by atoms with Gasteiger partial charge in [-0.2, -0.15) is 0 Å². The number of carbonyl (C=O) groups excluding carboxylic acids is 5. The monoisotopic (exact) mass is 600 g/mol. The van der Waals surface area contributed by atoms with Gasteiger partial charge < -0.3 is 37.9 Å². The zero-order valence-corrected chi connectivity index (χ0v) is 24.0. The quantitative estimate of drug-likeness (QED) is 0.203. The summed E-state index contributed by atoms with van der Waals surface area (Å²) in [6.07, 6.45) is -8.38. The van der Waals surface area contributed by atoms with E-state index in [1.165, 1.54) is 13.8 Å². The number of halogens is 2. The molecule has 2 heterocycles. The average molecular weight is 601 g/mol. The van der Waals surface area contributed by atoms with Crippen molar-refractivity contribution in [3.05, 3.63) is 0 Å². The molecule has 39 heavy (non-hydrogen) atoms. The molecule has 0 aromatic rings.